The quantitative estimate of drug-likeness (QED) is 0.568. The average Bonchev–Trinajstić information content (AvgIpc) is 2.53. The number of carboxylic acids is 1. The fraction of sp³-hybridized carbons (Fsp3) is 0.357. The van der Waals surface area contributed by atoms with E-state index in [9.17, 15) is 19.5 Å². The lowest BCUT2D eigenvalue weighted by atomic mass is 10.1. The van der Waals surface area contributed by atoms with Gasteiger partial charge in [0.25, 0.3) is 0 Å². The van der Waals surface area contributed by atoms with Gasteiger partial charge in [0.2, 0.25) is 5.91 Å². The molecule has 1 rings (SSSR count). The van der Waals surface area contributed by atoms with Gasteiger partial charge < -0.3 is 14.7 Å². The van der Waals surface area contributed by atoms with Crippen LogP contribution in [-0.2, 0) is 25.7 Å². The second-order valence-electron chi connectivity index (χ2n) is 4.31. The third-order valence-electron chi connectivity index (χ3n) is 2.80. The summed E-state index contributed by atoms with van der Waals surface area (Å²) < 4.78 is 4.74. The molecule has 8 heteroatoms. The minimum atomic E-state index is -1.33. The van der Waals surface area contributed by atoms with Gasteiger partial charge in [0.1, 0.15) is 18.4 Å². The number of ether oxygens (including phenoxy) is 1. The summed E-state index contributed by atoms with van der Waals surface area (Å²) in [6.45, 7) is -0.446. The number of carbonyl (C=O) groups is 3. The standard InChI is InChI=1S/C14H15Cl2NO5/c15-6-12(18)17(8-10-4-2-1-3-5-10)11(14(20)21)9-22-13(19)7-16/h1-5,11H,6-9H2,(H,20,21)/t11-/m0/s1. The first-order valence-electron chi connectivity index (χ1n) is 6.33. The molecule has 0 unspecified atom stereocenters. The van der Waals surface area contributed by atoms with Crippen LogP contribution in [0.25, 0.3) is 0 Å². The van der Waals surface area contributed by atoms with E-state index in [0.717, 1.165) is 10.5 Å². The summed E-state index contributed by atoms with van der Waals surface area (Å²) in [6.07, 6.45) is 0. The van der Waals surface area contributed by atoms with Crippen LogP contribution in [-0.4, -0.2) is 52.3 Å². The highest BCUT2D eigenvalue weighted by molar-refractivity contribution is 6.27. The monoisotopic (exact) mass is 347 g/mol. The highest BCUT2D eigenvalue weighted by atomic mass is 35.5. The van der Waals surface area contributed by atoms with Crippen LogP contribution in [0.5, 0.6) is 0 Å². The summed E-state index contributed by atoms with van der Waals surface area (Å²) in [5.41, 5.74) is 0.732. The molecule has 0 aliphatic heterocycles. The van der Waals surface area contributed by atoms with Gasteiger partial charge in [-0.3, -0.25) is 9.59 Å². The Morgan fingerprint density at radius 1 is 1.14 bits per heavy atom. The molecule has 0 radical (unpaired) electrons. The maximum Gasteiger partial charge on any atom is 0.330 e. The Morgan fingerprint density at radius 3 is 2.27 bits per heavy atom. The number of hydrogen-bond donors (Lipinski definition) is 1. The van der Waals surface area contributed by atoms with E-state index in [1.54, 1.807) is 30.3 Å². The van der Waals surface area contributed by atoms with Crippen molar-refractivity contribution in [2.45, 2.75) is 12.6 Å². The van der Waals surface area contributed by atoms with Crippen LogP contribution in [0.4, 0.5) is 0 Å². The zero-order chi connectivity index (χ0) is 16.5. The predicted molar refractivity (Wildman–Crippen MR) is 80.8 cm³/mol. The van der Waals surface area contributed by atoms with Crippen LogP contribution >= 0.6 is 23.2 Å². The third kappa shape index (κ3) is 5.54. The number of esters is 1. The molecule has 1 aromatic carbocycles. The van der Waals surface area contributed by atoms with E-state index in [1.165, 1.54) is 0 Å². The van der Waals surface area contributed by atoms with Gasteiger partial charge in [-0.15, -0.1) is 23.2 Å². The molecular formula is C14H15Cl2NO5. The van der Waals surface area contributed by atoms with Gasteiger partial charge in [0.15, 0.2) is 6.04 Å². The molecule has 0 aliphatic rings. The smallest absolute Gasteiger partial charge is 0.330 e. The molecule has 0 heterocycles. The summed E-state index contributed by atoms with van der Waals surface area (Å²) in [5, 5.41) is 9.29. The lowest BCUT2D eigenvalue weighted by molar-refractivity contribution is -0.156. The molecule has 22 heavy (non-hydrogen) atoms. The molecular weight excluding hydrogens is 333 g/mol. The van der Waals surface area contributed by atoms with Crippen molar-refractivity contribution in [3.05, 3.63) is 35.9 Å². The SMILES string of the molecule is O=C(CCl)OC[C@@H](C(=O)O)N(Cc1ccccc1)C(=O)CCl. The van der Waals surface area contributed by atoms with E-state index < -0.39 is 36.4 Å². The first-order chi connectivity index (χ1) is 10.5. The van der Waals surface area contributed by atoms with Crippen molar-refractivity contribution < 1.29 is 24.2 Å². The summed E-state index contributed by atoms with van der Waals surface area (Å²) in [5.74, 6) is -3.39. The van der Waals surface area contributed by atoms with Gasteiger partial charge in [-0.1, -0.05) is 30.3 Å². The van der Waals surface area contributed by atoms with Gasteiger partial charge in [0, 0.05) is 6.54 Å². The first-order valence-corrected chi connectivity index (χ1v) is 7.40. The number of alkyl halides is 2. The maximum absolute atomic E-state index is 11.9. The van der Waals surface area contributed by atoms with Gasteiger partial charge in [-0.25, -0.2) is 4.79 Å². The second-order valence-corrected chi connectivity index (χ2v) is 4.85. The van der Waals surface area contributed by atoms with Crippen LogP contribution in [0.15, 0.2) is 30.3 Å². The number of carboxylic acid groups (broad SMARTS) is 1. The zero-order valence-corrected chi connectivity index (χ0v) is 13.1. The summed E-state index contributed by atoms with van der Waals surface area (Å²) in [6, 6.07) is 7.49. The van der Waals surface area contributed by atoms with E-state index >= 15 is 0 Å². The Hall–Kier alpha value is -1.79. The molecule has 0 bridgehead atoms. The lowest BCUT2D eigenvalue weighted by Gasteiger charge is -2.28. The Labute approximate surface area is 137 Å². The normalized spacial score (nSPS) is 11.5. The molecule has 1 N–H and O–H groups in total. The molecule has 0 aromatic heterocycles. The average molecular weight is 348 g/mol. The Morgan fingerprint density at radius 2 is 1.77 bits per heavy atom. The fourth-order valence-electron chi connectivity index (χ4n) is 1.73. The van der Waals surface area contributed by atoms with E-state index in [4.69, 9.17) is 27.9 Å². The zero-order valence-electron chi connectivity index (χ0n) is 11.6. The molecule has 0 aliphatic carbocycles. The predicted octanol–water partition coefficient (Wildman–Crippen LogP) is 1.49. The number of halogens is 2. The summed E-state index contributed by atoms with van der Waals surface area (Å²) in [7, 11) is 0. The van der Waals surface area contributed by atoms with Gasteiger partial charge in [0.05, 0.1) is 0 Å². The van der Waals surface area contributed by atoms with Gasteiger partial charge >= 0.3 is 11.9 Å². The van der Waals surface area contributed by atoms with Crippen molar-refractivity contribution >= 4 is 41.0 Å². The minimum Gasteiger partial charge on any atom is -0.480 e. The summed E-state index contributed by atoms with van der Waals surface area (Å²) >= 11 is 10.8. The Kier molecular flexibility index (Phi) is 7.70. The van der Waals surface area contributed by atoms with Crippen molar-refractivity contribution in [2.75, 3.05) is 18.4 Å². The highest BCUT2D eigenvalue weighted by Gasteiger charge is 2.30. The Balaban J connectivity index is 2.92. The van der Waals surface area contributed by atoms with Crippen LogP contribution in [0.3, 0.4) is 0 Å². The topological polar surface area (TPSA) is 83.9 Å². The molecule has 0 fully saturated rings. The molecule has 1 aromatic rings. The molecule has 6 nitrogen and oxygen atoms in total. The van der Waals surface area contributed by atoms with Crippen molar-refractivity contribution in [3.8, 4) is 0 Å². The minimum absolute atomic E-state index is 0.0434. The second kappa shape index (κ2) is 9.27. The number of nitrogens with zero attached hydrogens (tertiary/aromatic N) is 1. The fourth-order valence-corrected chi connectivity index (χ4v) is 1.96. The molecule has 0 saturated heterocycles. The highest BCUT2D eigenvalue weighted by Crippen LogP contribution is 2.11. The largest absolute Gasteiger partial charge is 0.480 e. The first kappa shape index (κ1) is 18.3. The van der Waals surface area contributed by atoms with E-state index in [1.807, 2.05) is 0 Å². The van der Waals surface area contributed by atoms with Gasteiger partial charge in [-0.05, 0) is 5.56 Å². The number of carbonyl (C=O) groups excluding carboxylic acids is 2. The Bertz CT molecular complexity index is 523. The lowest BCUT2D eigenvalue weighted by Crippen LogP contribution is -2.48. The van der Waals surface area contributed by atoms with Crippen molar-refractivity contribution in [1.29, 1.82) is 0 Å². The number of hydrogen-bond acceptors (Lipinski definition) is 4. The van der Waals surface area contributed by atoms with Crippen molar-refractivity contribution in [2.24, 2.45) is 0 Å². The number of benzene rings is 1. The molecule has 0 saturated carbocycles. The molecule has 120 valence electrons. The molecule has 1 amide bonds. The van der Waals surface area contributed by atoms with Crippen molar-refractivity contribution in [3.63, 3.8) is 0 Å². The van der Waals surface area contributed by atoms with E-state index in [2.05, 4.69) is 0 Å². The van der Waals surface area contributed by atoms with Crippen LogP contribution in [0.2, 0.25) is 0 Å². The number of rotatable bonds is 8. The third-order valence-corrected chi connectivity index (χ3v) is 3.25. The molecule has 0 spiro atoms. The molecule has 1 atom stereocenters. The maximum atomic E-state index is 11.9. The van der Waals surface area contributed by atoms with Crippen molar-refractivity contribution in [1.82, 2.24) is 4.90 Å². The number of aliphatic carboxylic acids is 1. The van der Waals surface area contributed by atoms with Crippen LogP contribution in [0.1, 0.15) is 5.56 Å². The van der Waals surface area contributed by atoms with Gasteiger partial charge in [-0.2, -0.15) is 0 Å². The van der Waals surface area contributed by atoms with E-state index in [0.29, 0.717) is 0 Å². The number of amides is 1. The van der Waals surface area contributed by atoms with Crippen LogP contribution < -0.4 is 0 Å². The summed E-state index contributed by atoms with van der Waals surface area (Å²) in [4.78, 5) is 35.5. The van der Waals surface area contributed by atoms with E-state index in [-0.39, 0.29) is 12.4 Å². The van der Waals surface area contributed by atoms with Crippen LogP contribution in [0, 0.1) is 0 Å².